The lowest BCUT2D eigenvalue weighted by atomic mass is 9.77. The number of ether oxygens (including phenoxy) is 2. The highest BCUT2D eigenvalue weighted by atomic mass is 19.4. The summed E-state index contributed by atoms with van der Waals surface area (Å²) in [6, 6.07) is 19.2. The number of benzene rings is 3. The van der Waals surface area contributed by atoms with Crippen LogP contribution in [0.5, 0.6) is 11.5 Å². The minimum absolute atomic E-state index is 0.0757. The van der Waals surface area contributed by atoms with E-state index < -0.39 is 42.3 Å². The largest absolute Gasteiger partial charge is 0.573 e. The number of carbonyl (C=O) groups is 1. The van der Waals surface area contributed by atoms with Gasteiger partial charge < -0.3 is 29.2 Å². The van der Waals surface area contributed by atoms with Gasteiger partial charge in [-0.15, -0.1) is 13.2 Å². The average molecular weight is 581 g/mol. The van der Waals surface area contributed by atoms with Gasteiger partial charge in [-0.05, 0) is 67.6 Å². The highest BCUT2D eigenvalue weighted by molar-refractivity contribution is 6.56. The average Bonchev–Trinajstić information content (AvgIpc) is 3.34. The van der Waals surface area contributed by atoms with Crippen LogP contribution in [0.2, 0.25) is 0 Å². The molecule has 1 aliphatic heterocycles. The molecule has 1 amide bonds. The van der Waals surface area contributed by atoms with Crippen LogP contribution in [0.3, 0.4) is 0 Å². The maximum Gasteiger partial charge on any atom is 0.573 e. The molecule has 0 aromatic heterocycles. The highest BCUT2D eigenvalue weighted by Gasteiger charge is 2.52. The van der Waals surface area contributed by atoms with Gasteiger partial charge in [-0.2, -0.15) is 0 Å². The van der Waals surface area contributed by atoms with Crippen LogP contribution in [-0.2, 0) is 14.0 Å². The zero-order valence-electron chi connectivity index (χ0n) is 23.6. The van der Waals surface area contributed by atoms with E-state index >= 15 is 0 Å². The summed E-state index contributed by atoms with van der Waals surface area (Å²) in [5, 5.41) is 13.2. The maximum absolute atomic E-state index is 12.9. The van der Waals surface area contributed by atoms with E-state index in [9.17, 15) is 23.1 Å². The van der Waals surface area contributed by atoms with Gasteiger partial charge in [0.25, 0.3) is 0 Å². The number of rotatable bonds is 7. The maximum atomic E-state index is 12.9. The van der Waals surface area contributed by atoms with Crippen LogP contribution in [0.1, 0.15) is 50.3 Å². The number of amides is 1. The van der Waals surface area contributed by atoms with E-state index in [1.54, 1.807) is 0 Å². The number of hydrogen-bond donors (Lipinski definition) is 2. The molecule has 7 nitrogen and oxygen atoms in total. The smallest absolute Gasteiger partial charge is 0.507 e. The van der Waals surface area contributed by atoms with E-state index in [0.717, 1.165) is 34.4 Å². The first kappa shape index (κ1) is 29.5. The minimum atomic E-state index is -4.90. The zero-order chi connectivity index (χ0) is 30.3. The molecule has 1 heterocycles. The lowest BCUT2D eigenvalue weighted by Gasteiger charge is -2.32. The van der Waals surface area contributed by atoms with Gasteiger partial charge in [-0.25, -0.2) is 4.79 Å². The Balaban J connectivity index is 1.32. The predicted molar refractivity (Wildman–Crippen MR) is 152 cm³/mol. The van der Waals surface area contributed by atoms with Crippen LogP contribution in [0.25, 0.3) is 17.2 Å². The van der Waals surface area contributed by atoms with Crippen LogP contribution >= 0.6 is 0 Å². The molecule has 0 saturated carbocycles. The molecule has 3 aromatic rings. The Morgan fingerprint density at radius 1 is 0.976 bits per heavy atom. The molecular weight excluding hydrogens is 550 g/mol. The number of carbonyl (C=O) groups excluding carboxylic acids is 1. The number of alkyl halides is 3. The quantitative estimate of drug-likeness (QED) is 0.297. The molecule has 0 bridgehead atoms. The molecule has 0 spiro atoms. The molecule has 11 heteroatoms. The third-order valence-electron chi connectivity index (χ3n) is 7.91. The summed E-state index contributed by atoms with van der Waals surface area (Å²) in [6.45, 7) is 7.51. The standard InChI is InChI=1S/C31H31BF3NO6/c1-29(2)30(3,4)42-32(41-29)20(15-19-13-14-21(16-27(19)37)40-31(33,34)35)17-36-28(38)39-18-26-24-11-7-5-9-22(24)23-10-6-8-12-25(23)26/h5-16,26,37H,17-18H2,1-4H3,(H,36,38). The number of alkyl carbamates (subject to hydrolysis) is 1. The molecule has 0 radical (unpaired) electrons. The van der Waals surface area contributed by atoms with E-state index in [1.165, 1.54) is 12.1 Å². The van der Waals surface area contributed by atoms with Crippen molar-refractivity contribution in [3.63, 3.8) is 0 Å². The molecular formula is C31H31BF3NO6. The molecule has 2 aliphatic rings. The van der Waals surface area contributed by atoms with Crippen LogP contribution in [0.4, 0.5) is 18.0 Å². The Labute approximate surface area is 242 Å². The van der Waals surface area contributed by atoms with Gasteiger partial charge >= 0.3 is 19.6 Å². The van der Waals surface area contributed by atoms with Gasteiger partial charge in [0, 0.05) is 24.1 Å². The minimum Gasteiger partial charge on any atom is -0.507 e. The fourth-order valence-electron chi connectivity index (χ4n) is 5.06. The van der Waals surface area contributed by atoms with Gasteiger partial charge in [0.15, 0.2) is 0 Å². The van der Waals surface area contributed by atoms with E-state index in [-0.39, 0.29) is 24.6 Å². The number of hydrogen-bond acceptors (Lipinski definition) is 6. The SMILES string of the molecule is CC1(C)OB(C(=Cc2ccc(OC(F)(F)F)cc2O)CNC(=O)OCC2c3ccccc3-c3ccccc32)OC1(C)C. The summed E-state index contributed by atoms with van der Waals surface area (Å²) < 4.78 is 59.7. The summed E-state index contributed by atoms with van der Waals surface area (Å²) in [5.74, 6) is -1.13. The van der Waals surface area contributed by atoms with E-state index in [1.807, 2.05) is 76.2 Å². The predicted octanol–water partition coefficient (Wildman–Crippen LogP) is 6.84. The molecule has 1 aliphatic carbocycles. The fraction of sp³-hybridized carbons (Fsp3) is 0.323. The summed E-state index contributed by atoms with van der Waals surface area (Å²) in [6.07, 6.45) is -4.07. The highest BCUT2D eigenvalue weighted by Crippen LogP contribution is 2.44. The molecule has 3 aromatic carbocycles. The van der Waals surface area contributed by atoms with Gasteiger partial charge in [0.05, 0.1) is 11.2 Å². The summed E-state index contributed by atoms with van der Waals surface area (Å²) in [5.41, 5.74) is 3.58. The number of phenols is 1. The summed E-state index contributed by atoms with van der Waals surface area (Å²) >= 11 is 0. The Morgan fingerprint density at radius 2 is 1.55 bits per heavy atom. The molecule has 42 heavy (non-hydrogen) atoms. The first-order chi connectivity index (χ1) is 19.7. The van der Waals surface area contributed by atoms with Crippen LogP contribution in [0, 0.1) is 0 Å². The van der Waals surface area contributed by atoms with Crippen molar-refractivity contribution in [1.29, 1.82) is 0 Å². The third kappa shape index (κ3) is 6.12. The van der Waals surface area contributed by atoms with Crippen molar-refractivity contribution in [2.45, 2.75) is 51.2 Å². The fourth-order valence-corrected chi connectivity index (χ4v) is 5.06. The third-order valence-corrected chi connectivity index (χ3v) is 7.91. The van der Waals surface area contributed by atoms with E-state index in [0.29, 0.717) is 5.47 Å². The first-order valence-electron chi connectivity index (χ1n) is 13.5. The molecule has 0 atom stereocenters. The second-order valence-electron chi connectivity index (χ2n) is 11.3. The topological polar surface area (TPSA) is 86.2 Å². The lowest BCUT2D eigenvalue weighted by Crippen LogP contribution is -2.41. The van der Waals surface area contributed by atoms with Gasteiger partial charge in [-0.1, -0.05) is 54.6 Å². The van der Waals surface area contributed by atoms with E-state index in [4.69, 9.17) is 14.0 Å². The van der Waals surface area contributed by atoms with E-state index in [2.05, 4.69) is 10.1 Å². The van der Waals surface area contributed by atoms with Crippen molar-refractivity contribution < 1.29 is 41.9 Å². The first-order valence-corrected chi connectivity index (χ1v) is 13.5. The van der Waals surface area contributed by atoms with Crippen molar-refractivity contribution in [2.75, 3.05) is 13.2 Å². The van der Waals surface area contributed by atoms with Crippen molar-refractivity contribution in [3.8, 4) is 22.6 Å². The number of nitrogens with one attached hydrogen (secondary N) is 1. The number of aromatic hydroxyl groups is 1. The normalized spacial score (nSPS) is 17.5. The number of phenolic OH excluding ortho intramolecular Hbond substituents is 1. The van der Waals surface area contributed by atoms with Gasteiger partial charge in [0.1, 0.15) is 18.1 Å². The van der Waals surface area contributed by atoms with Crippen LogP contribution in [0.15, 0.2) is 72.2 Å². The van der Waals surface area contributed by atoms with Gasteiger partial charge in [-0.3, -0.25) is 0 Å². The van der Waals surface area contributed by atoms with Crippen molar-refractivity contribution in [2.24, 2.45) is 0 Å². The Bertz CT molecular complexity index is 1460. The zero-order valence-corrected chi connectivity index (χ0v) is 23.6. The van der Waals surface area contributed by atoms with Crippen molar-refractivity contribution >= 4 is 19.3 Å². The van der Waals surface area contributed by atoms with Gasteiger partial charge in [0.2, 0.25) is 0 Å². The Morgan fingerprint density at radius 3 is 2.10 bits per heavy atom. The number of fused-ring (bicyclic) bond motifs is 3. The second kappa shape index (κ2) is 11.0. The molecule has 1 fully saturated rings. The monoisotopic (exact) mass is 581 g/mol. The molecule has 220 valence electrons. The van der Waals surface area contributed by atoms with Crippen LogP contribution in [-0.4, -0.2) is 49.0 Å². The summed E-state index contributed by atoms with van der Waals surface area (Å²) in [7, 11) is -0.908. The van der Waals surface area contributed by atoms with Crippen molar-refractivity contribution in [3.05, 3.63) is 88.9 Å². The van der Waals surface area contributed by atoms with Crippen LogP contribution < -0.4 is 10.1 Å². The number of halogens is 3. The Hall–Kier alpha value is -3.96. The molecule has 1 saturated heterocycles. The lowest BCUT2D eigenvalue weighted by molar-refractivity contribution is -0.274. The summed E-state index contributed by atoms with van der Waals surface area (Å²) in [4.78, 5) is 12.9. The molecule has 0 unspecified atom stereocenters. The molecule has 2 N–H and O–H groups in total. The molecule has 5 rings (SSSR count). The second-order valence-corrected chi connectivity index (χ2v) is 11.3. The van der Waals surface area contributed by atoms with Crippen molar-refractivity contribution in [1.82, 2.24) is 5.32 Å². The Kier molecular flexibility index (Phi) is 7.76.